The van der Waals surface area contributed by atoms with Crippen LogP contribution >= 0.6 is 0 Å². The molecule has 0 radical (unpaired) electrons. The van der Waals surface area contributed by atoms with E-state index >= 15 is 0 Å². The van der Waals surface area contributed by atoms with E-state index in [9.17, 15) is 13.2 Å². The van der Waals surface area contributed by atoms with Gasteiger partial charge in [0.1, 0.15) is 5.25 Å². The second-order valence-corrected chi connectivity index (χ2v) is 8.51. The molecule has 0 aliphatic heterocycles. The molecule has 0 aromatic rings. The molecule has 1 unspecified atom stereocenters. The number of carbonyl (C=O) groups is 1. The maximum absolute atomic E-state index is 12.8. The average Bonchev–Trinajstić information content (AvgIpc) is 2.44. The van der Waals surface area contributed by atoms with E-state index in [0.717, 1.165) is 25.8 Å². The number of amides is 1. The summed E-state index contributed by atoms with van der Waals surface area (Å²) in [5.41, 5.74) is 0. The van der Waals surface area contributed by atoms with E-state index in [1.807, 2.05) is 20.8 Å². The fourth-order valence-corrected chi connectivity index (χ4v) is 5.53. The number of likely N-dealkylation sites (N-methyl/N-ethyl adjacent to an activating group) is 1. The number of nitrogens with one attached hydrogen (secondary N) is 2. The van der Waals surface area contributed by atoms with Gasteiger partial charge in [0.25, 0.3) is 0 Å². The van der Waals surface area contributed by atoms with E-state index in [4.69, 9.17) is 0 Å². The number of rotatable bonds is 8. The highest BCUT2D eigenvalue weighted by atomic mass is 32.2. The molecule has 0 aromatic carbocycles. The maximum atomic E-state index is 12.8. The normalized spacial score (nSPS) is 18.7. The van der Waals surface area contributed by atoms with Gasteiger partial charge in [0, 0.05) is 13.1 Å². The molecule has 1 fully saturated rings. The Morgan fingerprint density at radius 2 is 1.76 bits per heavy atom. The van der Waals surface area contributed by atoms with Crippen LogP contribution in [0.3, 0.4) is 0 Å². The van der Waals surface area contributed by atoms with Crippen molar-refractivity contribution in [2.75, 3.05) is 19.6 Å². The van der Waals surface area contributed by atoms with Crippen molar-refractivity contribution in [3.05, 3.63) is 0 Å². The van der Waals surface area contributed by atoms with Gasteiger partial charge in [0.05, 0.1) is 5.25 Å². The third-order valence-electron chi connectivity index (χ3n) is 4.09. The third-order valence-corrected chi connectivity index (χ3v) is 6.95. The topological polar surface area (TPSA) is 75.3 Å². The van der Waals surface area contributed by atoms with Gasteiger partial charge >= 0.3 is 0 Å². The van der Waals surface area contributed by atoms with Gasteiger partial charge < -0.3 is 10.6 Å². The van der Waals surface area contributed by atoms with Crippen molar-refractivity contribution in [2.24, 2.45) is 5.92 Å². The van der Waals surface area contributed by atoms with E-state index in [2.05, 4.69) is 10.6 Å². The largest absolute Gasteiger partial charge is 0.354 e. The van der Waals surface area contributed by atoms with Gasteiger partial charge in [0.2, 0.25) is 5.91 Å². The molecule has 124 valence electrons. The molecule has 0 aromatic heterocycles. The molecule has 5 nitrogen and oxygen atoms in total. The summed E-state index contributed by atoms with van der Waals surface area (Å²) in [6, 6.07) is 0. The second kappa shape index (κ2) is 8.73. The minimum atomic E-state index is -3.40. The minimum Gasteiger partial charge on any atom is -0.354 e. The molecule has 0 heterocycles. The molecular formula is C15H30N2O3S. The van der Waals surface area contributed by atoms with Crippen molar-refractivity contribution in [2.45, 2.75) is 63.4 Å². The summed E-state index contributed by atoms with van der Waals surface area (Å²) in [5, 5.41) is 4.62. The van der Waals surface area contributed by atoms with E-state index in [1.165, 1.54) is 0 Å². The van der Waals surface area contributed by atoms with Gasteiger partial charge in [-0.3, -0.25) is 4.79 Å². The Morgan fingerprint density at radius 3 is 2.29 bits per heavy atom. The Kier molecular flexibility index (Phi) is 7.66. The first-order valence-electron chi connectivity index (χ1n) is 8.12. The highest BCUT2D eigenvalue weighted by Gasteiger charge is 2.40. The van der Waals surface area contributed by atoms with Gasteiger partial charge in [0.15, 0.2) is 9.84 Å². The molecule has 1 aliphatic carbocycles. The molecule has 1 atom stereocenters. The second-order valence-electron chi connectivity index (χ2n) is 6.16. The van der Waals surface area contributed by atoms with Crippen LogP contribution in [0.4, 0.5) is 0 Å². The number of hydrogen-bond donors (Lipinski definition) is 2. The number of hydrogen-bond acceptors (Lipinski definition) is 4. The van der Waals surface area contributed by atoms with Crippen LogP contribution in [0.2, 0.25) is 0 Å². The monoisotopic (exact) mass is 318 g/mol. The zero-order chi connectivity index (χ0) is 15.9. The molecule has 0 saturated heterocycles. The predicted octanol–water partition coefficient (Wildman–Crippen LogP) is 1.48. The lowest BCUT2D eigenvalue weighted by Gasteiger charge is -2.28. The van der Waals surface area contributed by atoms with Crippen LogP contribution in [0.15, 0.2) is 0 Å². The Hall–Kier alpha value is -0.620. The van der Waals surface area contributed by atoms with E-state index in [1.54, 1.807) is 0 Å². The summed E-state index contributed by atoms with van der Waals surface area (Å²) in [6.45, 7) is 7.59. The predicted molar refractivity (Wildman–Crippen MR) is 86.0 cm³/mol. The zero-order valence-corrected chi connectivity index (χ0v) is 14.3. The van der Waals surface area contributed by atoms with Crippen LogP contribution in [-0.2, 0) is 14.6 Å². The van der Waals surface area contributed by atoms with Crippen LogP contribution in [0, 0.1) is 5.92 Å². The summed E-state index contributed by atoms with van der Waals surface area (Å²) >= 11 is 0. The Labute approximate surface area is 129 Å². The molecule has 6 heteroatoms. The van der Waals surface area contributed by atoms with Gasteiger partial charge in [-0.05, 0) is 25.3 Å². The zero-order valence-electron chi connectivity index (χ0n) is 13.5. The summed E-state index contributed by atoms with van der Waals surface area (Å²) in [5.74, 6) is -0.537. The molecule has 1 saturated carbocycles. The van der Waals surface area contributed by atoms with E-state index < -0.39 is 15.1 Å². The summed E-state index contributed by atoms with van der Waals surface area (Å²) < 4.78 is 25.6. The first-order valence-corrected chi connectivity index (χ1v) is 9.73. The molecule has 0 spiro atoms. The van der Waals surface area contributed by atoms with Gasteiger partial charge in [-0.15, -0.1) is 0 Å². The van der Waals surface area contributed by atoms with Crippen LogP contribution in [0.5, 0.6) is 0 Å². The quantitative estimate of drug-likeness (QED) is 0.665. The summed E-state index contributed by atoms with van der Waals surface area (Å²) in [4.78, 5) is 12.3. The van der Waals surface area contributed by atoms with E-state index in [-0.39, 0.29) is 17.1 Å². The molecule has 1 aliphatic rings. The fraction of sp³-hybridized carbons (Fsp3) is 0.933. The van der Waals surface area contributed by atoms with Crippen molar-refractivity contribution < 1.29 is 13.2 Å². The third kappa shape index (κ3) is 5.25. The van der Waals surface area contributed by atoms with Crippen LogP contribution < -0.4 is 10.6 Å². The van der Waals surface area contributed by atoms with Crippen molar-refractivity contribution in [3.63, 3.8) is 0 Å². The average molecular weight is 318 g/mol. The lowest BCUT2D eigenvalue weighted by Crippen LogP contribution is -2.48. The molecule has 2 N–H and O–H groups in total. The number of sulfone groups is 1. The molecule has 1 rings (SSSR count). The lowest BCUT2D eigenvalue weighted by molar-refractivity contribution is -0.121. The van der Waals surface area contributed by atoms with Crippen LogP contribution in [0.1, 0.15) is 52.9 Å². The van der Waals surface area contributed by atoms with Gasteiger partial charge in [-0.1, -0.05) is 40.0 Å². The highest BCUT2D eigenvalue weighted by Crippen LogP contribution is 2.28. The highest BCUT2D eigenvalue weighted by molar-refractivity contribution is 7.93. The Balaban J connectivity index is 2.72. The first kappa shape index (κ1) is 18.4. The van der Waals surface area contributed by atoms with Crippen molar-refractivity contribution in [1.82, 2.24) is 10.6 Å². The maximum Gasteiger partial charge on any atom is 0.238 e. The SMILES string of the molecule is CCNCCNC(=O)C(C(C)C)S(=O)(=O)C1CCCCC1. The van der Waals surface area contributed by atoms with Gasteiger partial charge in [-0.25, -0.2) is 8.42 Å². The lowest BCUT2D eigenvalue weighted by atomic mass is 10.0. The number of carbonyl (C=O) groups excluding carboxylic acids is 1. The standard InChI is InChI=1S/C15H30N2O3S/c1-4-16-10-11-17-15(18)14(12(2)3)21(19,20)13-8-6-5-7-9-13/h12-14,16H,4-11H2,1-3H3,(H,17,18). The summed E-state index contributed by atoms with van der Waals surface area (Å²) in [6.07, 6.45) is 4.42. The molecule has 1 amide bonds. The van der Waals surface area contributed by atoms with E-state index in [0.29, 0.717) is 25.9 Å². The first-order chi connectivity index (χ1) is 9.91. The fourth-order valence-electron chi connectivity index (χ4n) is 2.98. The van der Waals surface area contributed by atoms with Crippen molar-refractivity contribution in [1.29, 1.82) is 0 Å². The van der Waals surface area contributed by atoms with Gasteiger partial charge in [-0.2, -0.15) is 0 Å². The molecular weight excluding hydrogens is 288 g/mol. The van der Waals surface area contributed by atoms with Crippen molar-refractivity contribution >= 4 is 15.7 Å². The van der Waals surface area contributed by atoms with Crippen molar-refractivity contribution in [3.8, 4) is 0 Å². The minimum absolute atomic E-state index is 0.198. The smallest absolute Gasteiger partial charge is 0.238 e. The Morgan fingerprint density at radius 1 is 1.14 bits per heavy atom. The Bertz CT molecular complexity index is 415. The molecule has 0 bridgehead atoms. The van der Waals surface area contributed by atoms with Crippen LogP contribution in [-0.4, -0.2) is 44.5 Å². The van der Waals surface area contributed by atoms with Crippen LogP contribution in [0.25, 0.3) is 0 Å². The molecule has 21 heavy (non-hydrogen) atoms. The summed E-state index contributed by atoms with van der Waals surface area (Å²) in [7, 11) is -3.40.